The molecule has 1 aromatic rings. The molecule has 1 aromatic heterocycles. The third kappa shape index (κ3) is 3.47. The summed E-state index contributed by atoms with van der Waals surface area (Å²) in [7, 11) is 0. The highest BCUT2D eigenvalue weighted by Gasteiger charge is 2.17. The smallest absolute Gasteiger partial charge is 0.126 e. The zero-order valence-electron chi connectivity index (χ0n) is 11.7. The Labute approximate surface area is 116 Å². The Kier molecular flexibility index (Phi) is 4.34. The molecule has 104 valence electrons. The van der Waals surface area contributed by atoms with Crippen LogP contribution in [0, 0.1) is 0 Å². The van der Waals surface area contributed by atoms with Crippen LogP contribution in [0.1, 0.15) is 56.4 Å². The van der Waals surface area contributed by atoms with Gasteiger partial charge in [-0.3, -0.25) is 0 Å². The summed E-state index contributed by atoms with van der Waals surface area (Å²) >= 11 is 0. The SMILES string of the molecule is c1cc([C@@H]2CCCNC2)cc(NC2CCCCC2)n1. The first-order chi connectivity index (χ1) is 9.42. The van der Waals surface area contributed by atoms with E-state index in [2.05, 4.69) is 27.8 Å². The molecule has 0 amide bonds. The lowest BCUT2D eigenvalue weighted by Crippen LogP contribution is -2.28. The van der Waals surface area contributed by atoms with Crippen LogP contribution >= 0.6 is 0 Å². The molecule has 2 fully saturated rings. The van der Waals surface area contributed by atoms with Gasteiger partial charge in [-0.25, -0.2) is 4.98 Å². The van der Waals surface area contributed by atoms with E-state index in [1.165, 1.54) is 57.1 Å². The number of nitrogens with one attached hydrogen (secondary N) is 2. The Balaban J connectivity index is 1.64. The van der Waals surface area contributed by atoms with Crippen LogP contribution < -0.4 is 10.6 Å². The Morgan fingerprint density at radius 1 is 1.11 bits per heavy atom. The molecule has 2 heterocycles. The van der Waals surface area contributed by atoms with Gasteiger partial charge in [0.1, 0.15) is 5.82 Å². The monoisotopic (exact) mass is 259 g/mol. The van der Waals surface area contributed by atoms with E-state index in [1.54, 1.807) is 0 Å². The maximum atomic E-state index is 4.50. The lowest BCUT2D eigenvalue weighted by atomic mass is 9.92. The van der Waals surface area contributed by atoms with Gasteiger partial charge < -0.3 is 10.6 Å². The maximum absolute atomic E-state index is 4.50. The summed E-state index contributed by atoms with van der Waals surface area (Å²) in [6.45, 7) is 2.29. The molecule has 0 radical (unpaired) electrons. The third-order valence-corrected chi connectivity index (χ3v) is 4.51. The lowest BCUT2D eigenvalue weighted by Gasteiger charge is -2.25. The van der Waals surface area contributed by atoms with Gasteiger partial charge in [-0.1, -0.05) is 19.3 Å². The van der Waals surface area contributed by atoms with Crippen LogP contribution in [0.25, 0.3) is 0 Å². The van der Waals surface area contributed by atoms with Crippen molar-refractivity contribution in [3.05, 3.63) is 23.9 Å². The number of rotatable bonds is 3. The van der Waals surface area contributed by atoms with Gasteiger partial charge in [-0.15, -0.1) is 0 Å². The number of piperidine rings is 1. The predicted molar refractivity (Wildman–Crippen MR) is 79.6 cm³/mol. The van der Waals surface area contributed by atoms with Gasteiger partial charge in [-0.2, -0.15) is 0 Å². The summed E-state index contributed by atoms with van der Waals surface area (Å²) in [6, 6.07) is 5.09. The molecule has 0 spiro atoms. The highest BCUT2D eigenvalue weighted by molar-refractivity contribution is 5.40. The van der Waals surface area contributed by atoms with Crippen molar-refractivity contribution in [1.29, 1.82) is 0 Å². The van der Waals surface area contributed by atoms with E-state index in [4.69, 9.17) is 0 Å². The number of anilines is 1. The zero-order chi connectivity index (χ0) is 12.9. The van der Waals surface area contributed by atoms with Gasteiger partial charge >= 0.3 is 0 Å². The minimum absolute atomic E-state index is 0.640. The van der Waals surface area contributed by atoms with Crippen molar-refractivity contribution in [2.24, 2.45) is 0 Å². The molecule has 3 heteroatoms. The van der Waals surface area contributed by atoms with Gasteiger partial charge in [0.25, 0.3) is 0 Å². The predicted octanol–water partition coefficient (Wildman–Crippen LogP) is 3.29. The standard InChI is InChI=1S/C16H25N3/c1-2-6-15(7-3-1)19-16-11-13(8-10-18-16)14-5-4-9-17-12-14/h8,10-11,14-15,17H,1-7,9,12H2,(H,18,19)/t14-/m1/s1. The van der Waals surface area contributed by atoms with Gasteiger partial charge in [0.05, 0.1) is 0 Å². The molecule has 19 heavy (non-hydrogen) atoms. The van der Waals surface area contributed by atoms with Crippen molar-refractivity contribution in [2.45, 2.75) is 56.9 Å². The average molecular weight is 259 g/mol. The molecule has 2 aliphatic rings. The van der Waals surface area contributed by atoms with Crippen molar-refractivity contribution in [1.82, 2.24) is 10.3 Å². The molecule has 3 nitrogen and oxygen atoms in total. The molecular weight excluding hydrogens is 234 g/mol. The summed E-state index contributed by atoms with van der Waals surface area (Å²) in [5.41, 5.74) is 1.44. The molecule has 0 unspecified atom stereocenters. The number of hydrogen-bond donors (Lipinski definition) is 2. The van der Waals surface area contributed by atoms with E-state index < -0.39 is 0 Å². The highest BCUT2D eigenvalue weighted by atomic mass is 15.0. The topological polar surface area (TPSA) is 37.0 Å². The van der Waals surface area contributed by atoms with E-state index >= 15 is 0 Å². The molecule has 3 rings (SSSR count). The average Bonchev–Trinajstić information content (AvgIpc) is 2.49. The largest absolute Gasteiger partial charge is 0.367 e. The molecule has 0 bridgehead atoms. The van der Waals surface area contributed by atoms with Crippen molar-refractivity contribution in [3.63, 3.8) is 0 Å². The van der Waals surface area contributed by atoms with Crippen molar-refractivity contribution in [3.8, 4) is 0 Å². The van der Waals surface area contributed by atoms with E-state index in [-0.39, 0.29) is 0 Å². The van der Waals surface area contributed by atoms with Crippen LogP contribution in [0.4, 0.5) is 5.82 Å². The molecule has 2 N–H and O–H groups in total. The molecule has 1 saturated heterocycles. The summed E-state index contributed by atoms with van der Waals surface area (Å²) < 4.78 is 0. The Bertz CT molecular complexity index is 393. The Morgan fingerprint density at radius 3 is 2.79 bits per heavy atom. The maximum Gasteiger partial charge on any atom is 0.126 e. The van der Waals surface area contributed by atoms with Crippen LogP contribution in [0.15, 0.2) is 18.3 Å². The van der Waals surface area contributed by atoms with Crippen molar-refractivity contribution >= 4 is 5.82 Å². The second-order valence-corrected chi connectivity index (χ2v) is 6.00. The van der Waals surface area contributed by atoms with Crippen molar-refractivity contribution in [2.75, 3.05) is 18.4 Å². The second-order valence-electron chi connectivity index (χ2n) is 6.00. The number of pyridine rings is 1. The van der Waals surface area contributed by atoms with Gasteiger partial charge in [0.2, 0.25) is 0 Å². The van der Waals surface area contributed by atoms with Crippen molar-refractivity contribution < 1.29 is 0 Å². The quantitative estimate of drug-likeness (QED) is 0.874. The Hall–Kier alpha value is -1.09. The summed E-state index contributed by atoms with van der Waals surface area (Å²) in [4.78, 5) is 4.50. The summed E-state index contributed by atoms with van der Waals surface area (Å²) in [5, 5.41) is 7.12. The second kappa shape index (κ2) is 6.38. The molecule has 1 aliphatic heterocycles. The zero-order valence-corrected chi connectivity index (χ0v) is 11.7. The van der Waals surface area contributed by atoms with Crippen LogP contribution in [0.5, 0.6) is 0 Å². The Morgan fingerprint density at radius 2 is 2.00 bits per heavy atom. The van der Waals surface area contributed by atoms with Crippen LogP contribution in [-0.2, 0) is 0 Å². The third-order valence-electron chi connectivity index (χ3n) is 4.51. The van der Waals surface area contributed by atoms with Gasteiger partial charge in [0, 0.05) is 18.8 Å². The normalized spacial score (nSPS) is 25.2. The molecular formula is C16H25N3. The van der Waals surface area contributed by atoms with Crippen LogP contribution in [0.2, 0.25) is 0 Å². The minimum atomic E-state index is 0.640. The fourth-order valence-corrected chi connectivity index (χ4v) is 3.37. The molecule has 1 saturated carbocycles. The molecule has 1 atom stereocenters. The van der Waals surface area contributed by atoms with E-state index in [0.29, 0.717) is 12.0 Å². The summed E-state index contributed by atoms with van der Waals surface area (Å²) in [6.07, 6.45) is 11.3. The van der Waals surface area contributed by atoms with Crippen LogP contribution in [-0.4, -0.2) is 24.1 Å². The molecule has 1 aliphatic carbocycles. The highest BCUT2D eigenvalue weighted by Crippen LogP contribution is 2.26. The van der Waals surface area contributed by atoms with E-state index in [0.717, 1.165) is 12.4 Å². The molecule has 0 aromatic carbocycles. The lowest BCUT2D eigenvalue weighted by molar-refractivity contribution is 0.458. The number of hydrogen-bond acceptors (Lipinski definition) is 3. The van der Waals surface area contributed by atoms with E-state index in [9.17, 15) is 0 Å². The number of nitrogens with zero attached hydrogens (tertiary/aromatic N) is 1. The van der Waals surface area contributed by atoms with Gasteiger partial charge in [-0.05, 0) is 55.8 Å². The fourth-order valence-electron chi connectivity index (χ4n) is 3.37. The summed E-state index contributed by atoms with van der Waals surface area (Å²) in [5.74, 6) is 1.75. The van der Waals surface area contributed by atoms with Crippen LogP contribution in [0.3, 0.4) is 0 Å². The number of aromatic nitrogens is 1. The first-order valence-electron chi connectivity index (χ1n) is 7.85. The first-order valence-corrected chi connectivity index (χ1v) is 7.85. The fraction of sp³-hybridized carbons (Fsp3) is 0.688. The van der Waals surface area contributed by atoms with E-state index in [1.807, 2.05) is 6.20 Å². The van der Waals surface area contributed by atoms with Gasteiger partial charge in [0.15, 0.2) is 0 Å². The minimum Gasteiger partial charge on any atom is -0.367 e. The first kappa shape index (κ1) is 12.9.